The van der Waals surface area contributed by atoms with Crippen molar-refractivity contribution in [2.24, 2.45) is 5.73 Å². The van der Waals surface area contributed by atoms with Gasteiger partial charge in [0.2, 0.25) is 0 Å². The Morgan fingerprint density at radius 3 is 2.69 bits per heavy atom. The Hall–Kier alpha value is -1.68. The molecule has 2 aromatic heterocycles. The van der Waals surface area contributed by atoms with Crippen LogP contribution in [0, 0.1) is 13.8 Å². The second kappa shape index (κ2) is 4.06. The van der Waals surface area contributed by atoms with Crippen molar-refractivity contribution in [3.05, 3.63) is 41.3 Å². The summed E-state index contributed by atoms with van der Waals surface area (Å²) >= 11 is 0. The van der Waals surface area contributed by atoms with Crippen LogP contribution >= 0.6 is 0 Å². The van der Waals surface area contributed by atoms with Crippen LogP contribution in [0.15, 0.2) is 24.4 Å². The van der Waals surface area contributed by atoms with Crippen molar-refractivity contribution >= 4 is 0 Å². The van der Waals surface area contributed by atoms with Crippen molar-refractivity contribution in [2.45, 2.75) is 26.8 Å². The molecule has 16 heavy (non-hydrogen) atoms. The first-order valence-electron chi connectivity index (χ1n) is 5.33. The van der Waals surface area contributed by atoms with Crippen molar-refractivity contribution in [1.82, 2.24) is 14.8 Å². The Morgan fingerprint density at radius 1 is 1.38 bits per heavy atom. The number of hydrogen-bond donors (Lipinski definition) is 1. The van der Waals surface area contributed by atoms with E-state index in [1.807, 2.05) is 43.7 Å². The molecule has 0 amide bonds. The van der Waals surface area contributed by atoms with E-state index in [1.54, 1.807) is 6.20 Å². The summed E-state index contributed by atoms with van der Waals surface area (Å²) in [6.45, 7) is 5.93. The lowest BCUT2D eigenvalue weighted by molar-refractivity contribution is 0.745. The van der Waals surface area contributed by atoms with Crippen LogP contribution < -0.4 is 5.73 Å². The van der Waals surface area contributed by atoms with Crippen LogP contribution in [0.1, 0.15) is 29.9 Å². The van der Waals surface area contributed by atoms with Gasteiger partial charge < -0.3 is 5.73 Å². The van der Waals surface area contributed by atoms with E-state index in [0.717, 1.165) is 22.8 Å². The molecule has 0 saturated heterocycles. The summed E-state index contributed by atoms with van der Waals surface area (Å²) < 4.78 is 1.84. The van der Waals surface area contributed by atoms with Gasteiger partial charge in [-0.15, -0.1) is 0 Å². The van der Waals surface area contributed by atoms with Gasteiger partial charge in [0.25, 0.3) is 0 Å². The van der Waals surface area contributed by atoms with Gasteiger partial charge in [0.05, 0.1) is 5.69 Å². The molecule has 2 N–H and O–H groups in total. The molecule has 84 valence electrons. The molecule has 0 fully saturated rings. The molecule has 0 aliphatic heterocycles. The van der Waals surface area contributed by atoms with Gasteiger partial charge in [-0.25, -0.2) is 9.67 Å². The first-order valence-corrected chi connectivity index (χ1v) is 5.33. The first-order chi connectivity index (χ1) is 7.59. The average Bonchev–Trinajstić information content (AvgIpc) is 2.57. The second-order valence-corrected chi connectivity index (χ2v) is 4.04. The van der Waals surface area contributed by atoms with E-state index in [-0.39, 0.29) is 6.04 Å². The fraction of sp³-hybridized carbons (Fsp3) is 0.333. The van der Waals surface area contributed by atoms with Crippen molar-refractivity contribution in [3.63, 3.8) is 0 Å². The van der Waals surface area contributed by atoms with Gasteiger partial charge in [0.1, 0.15) is 0 Å². The lowest BCUT2D eigenvalue weighted by Gasteiger charge is -2.12. The standard InChI is InChI=1S/C12H16N4/c1-8-7-9(2)16(15-8)12-11(10(3)13)5-4-6-14-12/h4-7,10H,13H2,1-3H3. The van der Waals surface area contributed by atoms with Gasteiger partial charge in [0, 0.05) is 23.5 Å². The predicted molar refractivity (Wildman–Crippen MR) is 63.4 cm³/mol. The Bertz CT molecular complexity index is 499. The highest BCUT2D eigenvalue weighted by Gasteiger charge is 2.12. The zero-order valence-corrected chi connectivity index (χ0v) is 9.81. The Kier molecular flexibility index (Phi) is 2.75. The summed E-state index contributed by atoms with van der Waals surface area (Å²) in [6, 6.07) is 5.87. The van der Waals surface area contributed by atoms with Crippen LogP contribution in [0.25, 0.3) is 5.82 Å². The van der Waals surface area contributed by atoms with Gasteiger partial charge in [-0.1, -0.05) is 6.07 Å². The maximum Gasteiger partial charge on any atom is 0.158 e. The first kappa shape index (κ1) is 10.8. The van der Waals surface area contributed by atoms with Gasteiger partial charge in [-0.3, -0.25) is 0 Å². The second-order valence-electron chi connectivity index (χ2n) is 4.04. The number of nitrogens with zero attached hydrogens (tertiary/aromatic N) is 3. The van der Waals surface area contributed by atoms with E-state index in [1.165, 1.54) is 0 Å². The quantitative estimate of drug-likeness (QED) is 0.834. The molecule has 1 unspecified atom stereocenters. The number of aromatic nitrogens is 3. The summed E-state index contributed by atoms with van der Waals surface area (Å²) in [6.07, 6.45) is 1.76. The molecule has 2 aromatic rings. The Balaban J connectivity index is 2.59. The molecule has 1 atom stereocenters. The summed E-state index contributed by atoms with van der Waals surface area (Å²) in [7, 11) is 0. The fourth-order valence-electron chi connectivity index (χ4n) is 1.79. The number of aryl methyl sites for hydroxylation is 2. The van der Waals surface area contributed by atoms with Gasteiger partial charge in [-0.05, 0) is 32.9 Å². The van der Waals surface area contributed by atoms with E-state index >= 15 is 0 Å². The van der Waals surface area contributed by atoms with Crippen LogP contribution in [-0.4, -0.2) is 14.8 Å². The fourth-order valence-corrected chi connectivity index (χ4v) is 1.79. The molecule has 2 rings (SSSR count). The van der Waals surface area contributed by atoms with Crippen molar-refractivity contribution in [1.29, 1.82) is 0 Å². The SMILES string of the molecule is Cc1cc(C)n(-c2ncccc2C(C)N)n1. The largest absolute Gasteiger partial charge is 0.324 e. The van der Waals surface area contributed by atoms with Crippen LogP contribution in [0.4, 0.5) is 0 Å². The Labute approximate surface area is 95.1 Å². The zero-order valence-electron chi connectivity index (χ0n) is 9.81. The van der Waals surface area contributed by atoms with Gasteiger partial charge in [0.15, 0.2) is 5.82 Å². The predicted octanol–water partition coefficient (Wildman–Crippen LogP) is 1.90. The molecular weight excluding hydrogens is 200 g/mol. The summed E-state index contributed by atoms with van der Waals surface area (Å²) in [4.78, 5) is 4.36. The summed E-state index contributed by atoms with van der Waals surface area (Å²) in [5.41, 5.74) is 8.99. The summed E-state index contributed by atoms with van der Waals surface area (Å²) in [5, 5.41) is 4.42. The smallest absolute Gasteiger partial charge is 0.158 e. The van der Waals surface area contributed by atoms with E-state index in [2.05, 4.69) is 10.1 Å². The molecule has 0 bridgehead atoms. The minimum absolute atomic E-state index is 0.0485. The number of hydrogen-bond acceptors (Lipinski definition) is 3. The molecule has 0 aromatic carbocycles. The highest BCUT2D eigenvalue weighted by Crippen LogP contribution is 2.18. The molecule has 0 radical (unpaired) electrons. The molecular formula is C12H16N4. The zero-order chi connectivity index (χ0) is 11.7. The van der Waals surface area contributed by atoms with Crippen LogP contribution in [0.2, 0.25) is 0 Å². The van der Waals surface area contributed by atoms with Crippen LogP contribution in [-0.2, 0) is 0 Å². The maximum atomic E-state index is 5.93. The normalized spacial score (nSPS) is 12.8. The highest BCUT2D eigenvalue weighted by atomic mass is 15.3. The van der Waals surface area contributed by atoms with E-state index in [0.29, 0.717) is 0 Å². The van der Waals surface area contributed by atoms with Crippen molar-refractivity contribution in [2.75, 3.05) is 0 Å². The maximum absolute atomic E-state index is 5.93. The lowest BCUT2D eigenvalue weighted by atomic mass is 10.1. The van der Waals surface area contributed by atoms with E-state index < -0.39 is 0 Å². The van der Waals surface area contributed by atoms with E-state index in [9.17, 15) is 0 Å². The van der Waals surface area contributed by atoms with Gasteiger partial charge >= 0.3 is 0 Å². The van der Waals surface area contributed by atoms with Crippen molar-refractivity contribution in [3.8, 4) is 5.82 Å². The van der Waals surface area contributed by atoms with Crippen LogP contribution in [0.3, 0.4) is 0 Å². The molecule has 0 aliphatic carbocycles. The number of nitrogens with two attached hydrogens (primary N) is 1. The molecule has 2 heterocycles. The van der Waals surface area contributed by atoms with Crippen LogP contribution in [0.5, 0.6) is 0 Å². The molecule has 0 saturated carbocycles. The van der Waals surface area contributed by atoms with Gasteiger partial charge in [-0.2, -0.15) is 5.10 Å². The third kappa shape index (κ3) is 1.84. The molecule has 4 heteroatoms. The summed E-state index contributed by atoms with van der Waals surface area (Å²) in [5.74, 6) is 0.822. The molecule has 0 spiro atoms. The van der Waals surface area contributed by atoms with Crippen molar-refractivity contribution < 1.29 is 0 Å². The molecule has 0 aliphatic rings. The minimum atomic E-state index is -0.0485. The minimum Gasteiger partial charge on any atom is -0.324 e. The van der Waals surface area contributed by atoms with E-state index in [4.69, 9.17) is 5.73 Å². The number of rotatable bonds is 2. The topological polar surface area (TPSA) is 56.7 Å². The monoisotopic (exact) mass is 216 g/mol. The third-order valence-electron chi connectivity index (χ3n) is 2.52. The average molecular weight is 216 g/mol. The third-order valence-corrected chi connectivity index (χ3v) is 2.52. The lowest BCUT2D eigenvalue weighted by Crippen LogP contribution is -2.12. The molecule has 4 nitrogen and oxygen atoms in total. The Morgan fingerprint density at radius 2 is 2.12 bits per heavy atom. The highest BCUT2D eigenvalue weighted by molar-refractivity contribution is 5.36. The number of pyridine rings is 1.